The second-order valence-corrected chi connectivity index (χ2v) is 7.48. The lowest BCUT2D eigenvalue weighted by Gasteiger charge is -2.15. The lowest BCUT2D eigenvalue weighted by Crippen LogP contribution is -2.41. The summed E-state index contributed by atoms with van der Waals surface area (Å²) in [5, 5.41) is 22.4. The second-order valence-electron chi connectivity index (χ2n) is 7.48. The van der Waals surface area contributed by atoms with Crippen LogP contribution in [-0.4, -0.2) is 35.2 Å². The van der Waals surface area contributed by atoms with E-state index in [0.717, 1.165) is 27.7 Å². The first-order valence-corrected chi connectivity index (χ1v) is 9.76. The van der Waals surface area contributed by atoms with Gasteiger partial charge in [-0.2, -0.15) is 0 Å². The van der Waals surface area contributed by atoms with Crippen LogP contribution in [0.5, 0.6) is 11.5 Å². The van der Waals surface area contributed by atoms with Gasteiger partial charge in [-0.3, -0.25) is 4.79 Å². The molecule has 0 aliphatic rings. The number of nitrogens with one attached hydrogen (secondary N) is 1. The minimum atomic E-state index is -1.14. The lowest BCUT2D eigenvalue weighted by atomic mass is 9.98. The van der Waals surface area contributed by atoms with E-state index in [1.807, 2.05) is 19.9 Å². The van der Waals surface area contributed by atoms with Crippen LogP contribution in [0.4, 0.5) is 0 Å². The molecule has 2 aromatic carbocycles. The number of furan rings is 1. The molecule has 1 amide bonds. The van der Waals surface area contributed by atoms with Crippen LogP contribution in [0.1, 0.15) is 29.2 Å². The molecule has 0 saturated carbocycles. The number of hydrogen-bond donors (Lipinski definition) is 3. The Labute approximate surface area is 179 Å². The van der Waals surface area contributed by atoms with Gasteiger partial charge in [0.05, 0.1) is 13.4 Å². The Morgan fingerprint density at radius 1 is 1.23 bits per heavy atom. The molecule has 7 nitrogen and oxygen atoms in total. The van der Waals surface area contributed by atoms with E-state index in [1.165, 1.54) is 18.2 Å². The van der Waals surface area contributed by atoms with Gasteiger partial charge in [0, 0.05) is 29.0 Å². The Hall–Kier alpha value is -3.74. The summed E-state index contributed by atoms with van der Waals surface area (Å²) in [5.74, 6) is -0.974. The van der Waals surface area contributed by atoms with Crippen molar-refractivity contribution in [2.24, 2.45) is 0 Å². The van der Waals surface area contributed by atoms with E-state index in [4.69, 9.17) is 9.15 Å². The van der Waals surface area contributed by atoms with Crippen molar-refractivity contribution in [1.29, 1.82) is 0 Å². The molecule has 0 aliphatic heterocycles. The van der Waals surface area contributed by atoms with E-state index in [2.05, 4.69) is 5.32 Å². The molecule has 0 radical (unpaired) electrons. The number of phenols is 1. The van der Waals surface area contributed by atoms with Gasteiger partial charge in [0.15, 0.2) is 0 Å². The number of phenolic OH excluding ortho intramolecular Hbond substituents is 1. The smallest absolute Gasteiger partial charge is 0.326 e. The second kappa shape index (κ2) is 8.95. The quantitative estimate of drug-likeness (QED) is 0.496. The third-order valence-electron chi connectivity index (χ3n) is 5.20. The average Bonchev–Trinajstić information content (AvgIpc) is 3.10. The van der Waals surface area contributed by atoms with Crippen molar-refractivity contribution < 1.29 is 29.0 Å². The molecule has 1 atom stereocenters. The highest BCUT2D eigenvalue weighted by Gasteiger charge is 2.21. The van der Waals surface area contributed by atoms with E-state index in [-0.39, 0.29) is 12.2 Å². The number of ether oxygens (including phenoxy) is 1. The molecule has 3 N–H and O–H groups in total. The predicted molar refractivity (Wildman–Crippen MR) is 117 cm³/mol. The number of aromatic hydroxyl groups is 1. The number of methoxy groups -OCH3 is 1. The fraction of sp³-hybridized carbons (Fsp3) is 0.250. The maximum atomic E-state index is 12.6. The zero-order valence-corrected chi connectivity index (χ0v) is 17.9. The predicted octanol–water partition coefficient (Wildman–Crippen LogP) is 3.98. The first-order valence-electron chi connectivity index (χ1n) is 9.76. The maximum absolute atomic E-state index is 12.6. The number of carboxylic acids is 1. The number of amides is 1. The van der Waals surface area contributed by atoms with Crippen molar-refractivity contribution in [3.63, 3.8) is 0 Å². The van der Waals surface area contributed by atoms with Gasteiger partial charge in [-0.05, 0) is 55.7 Å². The lowest BCUT2D eigenvalue weighted by molar-refractivity contribution is -0.141. The van der Waals surface area contributed by atoms with Crippen molar-refractivity contribution in [2.45, 2.75) is 33.2 Å². The van der Waals surface area contributed by atoms with Crippen LogP contribution in [-0.2, 0) is 16.0 Å². The number of fused-ring (bicyclic) bond motifs is 1. The normalized spacial score (nSPS) is 12.6. The Kier molecular flexibility index (Phi) is 6.34. The SMILES string of the molecule is COc1c(/C(C)=C/C(=O)NC(Cc2ccc(O)cc2)C(=O)O)cc2c(C)coc2c1C. The van der Waals surface area contributed by atoms with Crippen LogP contribution in [0.25, 0.3) is 16.5 Å². The van der Waals surface area contributed by atoms with Gasteiger partial charge in [-0.25, -0.2) is 4.79 Å². The van der Waals surface area contributed by atoms with E-state index in [1.54, 1.807) is 32.4 Å². The molecular weight excluding hydrogens is 398 g/mol. The number of hydrogen-bond acceptors (Lipinski definition) is 5. The van der Waals surface area contributed by atoms with E-state index in [9.17, 15) is 19.8 Å². The van der Waals surface area contributed by atoms with Crippen LogP contribution >= 0.6 is 0 Å². The molecule has 1 heterocycles. The number of rotatable bonds is 7. The first kappa shape index (κ1) is 22.0. The summed E-state index contributed by atoms with van der Waals surface area (Å²) in [7, 11) is 1.55. The number of carbonyl (C=O) groups excluding carboxylic acids is 1. The molecule has 0 saturated heterocycles. The number of aliphatic carboxylic acids is 1. The highest BCUT2D eigenvalue weighted by Crippen LogP contribution is 2.37. The Morgan fingerprint density at radius 3 is 2.52 bits per heavy atom. The number of benzene rings is 2. The van der Waals surface area contributed by atoms with Gasteiger partial charge in [0.2, 0.25) is 5.91 Å². The fourth-order valence-electron chi connectivity index (χ4n) is 3.55. The van der Waals surface area contributed by atoms with E-state index < -0.39 is 17.9 Å². The van der Waals surface area contributed by atoms with Gasteiger partial charge < -0.3 is 24.7 Å². The summed E-state index contributed by atoms with van der Waals surface area (Å²) in [6, 6.07) is 6.99. The van der Waals surface area contributed by atoms with Crippen molar-refractivity contribution >= 4 is 28.4 Å². The first-order chi connectivity index (χ1) is 14.7. The molecule has 3 rings (SSSR count). The number of carboxylic acid groups (broad SMARTS) is 1. The van der Waals surface area contributed by atoms with Crippen LogP contribution < -0.4 is 10.1 Å². The van der Waals surface area contributed by atoms with Crippen LogP contribution in [0.2, 0.25) is 0 Å². The van der Waals surface area contributed by atoms with Gasteiger partial charge in [-0.1, -0.05) is 12.1 Å². The minimum Gasteiger partial charge on any atom is -0.508 e. The van der Waals surface area contributed by atoms with Gasteiger partial charge in [0.1, 0.15) is 23.1 Å². The molecule has 162 valence electrons. The molecule has 0 fully saturated rings. The van der Waals surface area contributed by atoms with Crippen molar-refractivity contribution in [3.8, 4) is 11.5 Å². The summed E-state index contributed by atoms with van der Waals surface area (Å²) >= 11 is 0. The number of allylic oxidation sites excluding steroid dienone is 1. The Morgan fingerprint density at radius 2 is 1.90 bits per heavy atom. The summed E-state index contributed by atoms with van der Waals surface area (Å²) in [4.78, 5) is 24.2. The molecule has 1 aromatic heterocycles. The highest BCUT2D eigenvalue weighted by atomic mass is 16.5. The Bertz CT molecular complexity index is 1160. The van der Waals surface area contributed by atoms with Crippen molar-refractivity contribution in [1.82, 2.24) is 5.32 Å². The zero-order valence-electron chi connectivity index (χ0n) is 17.9. The van der Waals surface area contributed by atoms with Crippen LogP contribution in [0.3, 0.4) is 0 Å². The topological polar surface area (TPSA) is 109 Å². The van der Waals surface area contributed by atoms with Crippen LogP contribution in [0.15, 0.2) is 47.1 Å². The molecular formula is C24H25NO6. The average molecular weight is 423 g/mol. The molecule has 0 aliphatic carbocycles. The minimum absolute atomic E-state index is 0.0901. The summed E-state index contributed by atoms with van der Waals surface area (Å²) < 4.78 is 11.2. The summed E-state index contributed by atoms with van der Waals surface area (Å²) in [6.45, 7) is 5.60. The number of carbonyl (C=O) groups is 2. The Balaban J connectivity index is 1.86. The van der Waals surface area contributed by atoms with Gasteiger partial charge in [-0.15, -0.1) is 0 Å². The molecule has 0 bridgehead atoms. The third-order valence-corrected chi connectivity index (χ3v) is 5.20. The van der Waals surface area contributed by atoms with Crippen molar-refractivity contribution in [2.75, 3.05) is 7.11 Å². The zero-order chi connectivity index (χ0) is 22.7. The van der Waals surface area contributed by atoms with Crippen molar-refractivity contribution in [3.05, 3.63) is 64.9 Å². The van der Waals surface area contributed by atoms with E-state index >= 15 is 0 Å². The maximum Gasteiger partial charge on any atom is 0.326 e. The molecule has 7 heteroatoms. The van der Waals surface area contributed by atoms with Gasteiger partial charge in [0.25, 0.3) is 0 Å². The third kappa shape index (κ3) is 4.71. The molecule has 3 aromatic rings. The fourth-order valence-corrected chi connectivity index (χ4v) is 3.55. The summed E-state index contributed by atoms with van der Waals surface area (Å²) in [5.41, 5.74) is 4.58. The largest absolute Gasteiger partial charge is 0.508 e. The monoisotopic (exact) mass is 423 g/mol. The van der Waals surface area contributed by atoms with Gasteiger partial charge >= 0.3 is 5.97 Å². The van der Waals surface area contributed by atoms with E-state index in [0.29, 0.717) is 16.9 Å². The standard InChI is InChI=1S/C24H25NO6/c1-13(18-11-19-14(2)12-31-23(19)15(3)22(18)30-4)9-21(27)25-20(24(28)29)10-16-5-7-17(26)8-6-16/h5-9,11-12,20,26H,10H2,1-4H3,(H,25,27)(H,28,29)/b13-9+. The molecule has 1 unspecified atom stereocenters. The van der Waals surface area contributed by atoms with Crippen LogP contribution in [0, 0.1) is 13.8 Å². The highest BCUT2D eigenvalue weighted by molar-refractivity contribution is 5.99. The molecule has 0 spiro atoms. The molecule has 31 heavy (non-hydrogen) atoms. The summed E-state index contributed by atoms with van der Waals surface area (Å²) in [6.07, 6.45) is 3.13. The number of aryl methyl sites for hydroxylation is 2.